The van der Waals surface area contributed by atoms with Crippen LogP contribution in [0.2, 0.25) is 0 Å². The lowest BCUT2D eigenvalue weighted by molar-refractivity contribution is -0.132. The molecule has 1 aromatic carbocycles. The van der Waals surface area contributed by atoms with Crippen molar-refractivity contribution >= 4 is 11.6 Å². The number of benzene rings is 1. The van der Waals surface area contributed by atoms with Crippen molar-refractivity contribution in [2.24, 2.45) is 10.7 Å². The van der Waals surface area contributed by atoms with Crippen LogP contribution in [-0.4, -0.2) is 25.8 Å². The van der Waals surface area contributed by atoms with Gasteiger partial charge in [0.2, 0.25) is 0 Å². The van der Waals surface area contributed by atoms with E-state index in [1.165, 1.54) is 7.11 Å². The van der Waals surface area contributed by atoms with E-state index in [0.29, 0.717) is 11.4 Å². The molecule has 0 saturated carbocycles. The molecule has 18 heavy (non-hydrogen) atoms. The van der Waals surface area contributed by atoms with E-state index in [-0.39, 0.29) is 5.96 Å². The first-order valence-electron chi connectivity index (χ1n) is 5.18. The highest BCUT2D eigenvalue weighted by atomic mass is 19.4. The van der Waals surface area contributed by atoms with E-state index >= 15 is 0 Å². The predicted octanol–water partition coefficient (Wildman–Crippen LogP) is 2.37. The van der Waals surface area contributed by atoms with Crippen LogP contribution in [-0.2, 0) is 0 Å². The molecule has 0 spiro atoms. The average molecular weight is 261 g/mol. The van der Waals surface area contributed by atoms with Crippen LogP contribution in [0.1, 0.15) is 6.42 Å². The van der Waals surface area contributed by atoms with Crippen molar-refractivity contribution in [1.29, 1.82) is 0 Å². The fourth-order valence-electron chi connectivity index (χ4n) is 1.16. The summed E-state index contributed by atoms with van der Waals surface area (Å²) in [5, 5.41) is 2.68. The van der Waals surface area contributed by atoms with E-state index in [1.807, 2.05) is 0 Å². The molecule has 0 unspecified atom stereocenters. The molecule has 0 amide bonds. The maximum Gasteiger partial charge on any atom is 0.390 e. The first kappa shape index (κ1) is 14.1. The van der Waals surface area contributed by atoms with Crippen LogP contribution >= 0.6 is 0 Å². The average Bonchev–Trinajstić information content (AvgIpc) is 2.28. The lowest BCUT2D eigenvalue weighted by Gasteiger charge is -2.07. The molecular formula is C11H14F3N3O. The number of hydrogen-bond donors (Lipinski definition) is 2. The number of alkyl halides is 3. The van der Waals surface area contributed by atoms with Crippen molar-refractivity contribution in [2.75, 3.05) is 19.0 Å². The number of guanidine groups is 1. The molecule has 7 heteroatoms. The molecule has 0 aromatic heterocycles. The second kappa shape index (κ2) is 6.13. The highest BCUT2D eigenvalue weighted by Crippen LogP contribution is 2.19. The molecule has 1 aromatic rings. The van der Waals surface area contributed by atoms with Gasteiger partial charge in [-0.3, -0.25) is 4.99 Å². The normalized spacial score (nSPS) is 12.3. The van der Waals surface area contributed by atoms with Crippen molar-refractivity contribution < 1.29 is 17.9 Å². The Hall–Kier alpha value is -1.92. The molecule has 0 fully saturated rings. The smallest absolute Gasteiger partial charge is 0.390 e. The van der Waals surface area contributed by atoms with Crippen molar-refractivity contribution in [3.63, 3.8) is 0 Å². The molecular weight excluding hydrogens is 247 g/mol. The molecule has 0 radical (unpaired) electrons. The maximum absolute atomic E-state index is 11.9. The second-order valence-electron chi connectivity index (χ2n) is 3.49. The van der Waals surface area contributed by atoms with Crippen LogP contribution < -0.4 is 15.8 Å². The van der Waals surface area contributed by atoms with Crippen molar-refractivity contribution in [2.45, 2.75) is 12.6 Å². The Morgan fingerprint density at radius 1 is 1.33 bits per heavy atom. The van der Waals surface area contributed by atoms with Crippen LogP contribution in [0.15, 0.2) is 29.3 Å². The van der Waals surface area contributed by atoms with E-state index in [0.717, 1.165) is 0 Å². The second-order valence-corrected chi connectivity index (χ2v) is 3.49. The number of rotatable bonds is 4. The summed E-state index contributed by atoms with van der Waals surface area (Å²) >= 11 is 0. The van der Waals surface area contributed by atoms with Crippen molar-refractivity contribution in [1.82, 2.24) is 0 Å². The van der Waals surface area contributed by atoms with Gasteiger partial charge < -0.3 is 15.8 Å². The van der Waals surface area contributed by atoms with Gasteiger partial charge in [0.25, 0.3) is 0 Å². The molecule has 0 aliphatic rings. The lowest BCUT2D eigenvalue weighted by Crippen LogP contribution is -2.23. The maximum atomic E-state index is 11.9. The molecule has 0 aliphatic heterocycles. The minimum Gasteiger partial charge on any atom is -0.497 e. The summed E-state index contributed by atoms with van der Waals surface area (Å²) in [6, 6.07) is 6.77. The van der Waals surface area contributed by atoms with Crippen molar-refractivity contribution in [3.8, 4) is 5.75 Å². The predicted molar refractivity (Wildman–Crippen MR) is 63.8 cm³/mol. The summed E-state index contributed by atoms with van der Waals surface area (Å²) in [5.41, 5.74) is 6.07. The monoisotopic (exact) mass is 261 g/mol. The van der Waals surface area contributed by atoms with Gasteiger partial charge in [-0.25, -0.2) is 0 Å². The standard InChI is InChI=1S/C11H14F3N3O/c1-18-9-4-2-8(3-5-9)17-10(15)16-7-6-11(12,13)14/h2-5H,6-7H2,1H3,(H3,15,16,17). The number of anilines is 1. The zero-order valence-electron chi connectivity index (χ0n) is 9.79. The quantitative estimate of drug-likeness (QED) is 0.646. The lowest BCUT2D eigenvalue weighted by atomic mass is 10.3. The molecule has 4 nitrogen and oxygen atoms in total. The first-order valence-corrected chi connectivity index (χ1v) is 5.18. The van der Waals surface area contributed by atoms with Gasteiger partial charge in [0.15, 0.2) is 5.96 Å². The summed E-state index contributed by atoms with van der Waals surface area (Å²) in [6.07, 6.45) is -5.21. The zero-order valence-corrected chi connectivity index (χ0v) is 9.79. The third kappa shape index (κ3) is 5.42. The molecule has 0 bridgehead atoms. The van der Waals surface area contributed by atoms with Gasteiger partial charge in [0, 0.05) is 5.69 Å². The molecule has 3 N–H and O–H groups in total. The van der Waals surface area contributed by atoms with Gasteiger partial charge in [0.05, 0.1) is 20.1 Å². The zero-order chi connectivity index (χ0) is 13.6. The number of methoxy groups -OCH3 is 1. The molecule has 0 heterocycles. The van der Waals surface area contributed by atoms with E-state index in [9.17, 15) is 13.2 Å². The summed E-state index contributed by atoms with van der Waals surface area (Å²) in [7, 11) is 1.54. The molecule has 100 valence electrons. The summed E-state index contributed by atoms with van der Waals surface area (Å²) in [4.78, 5) is 3.58. The number of nitrogens with zero attached hydrogens (tertiary/aromatic N) is 1. The summed E-state index contributed by atoms with van der Waals surface area (Å²) in [5.74, 6) is 0.623. The molecule has 0 atom stereocenters. The third-order valence-electron chi connectivity index (χ3n) is 2.04. The van der Waals surface area contributed by atoms with E-state index in [2.05, 4.69) is 10.3 Å². The highest BCUT2D eigenvalue weighted by molar-refractivity contribution is 5.92. The minimum atomic E-state index is -4.22. The highest BCUT2D eigenvalue weighted by Gasteiger charge is 2.26. The molecule has 1 rings (SSSR count). The number of hydrogen-bond acceptors (Lipinski definition) is 2. The Bertz CT molecular complexity index is 401. The van der Waals surface area contributed by atoms with Crippen LogP contribution in [0.3, 0.4) is 0 Å². The fourth-order valence-corrected chi connectivity index (χ4v) is 1.16. The summed E-state index contributed by atoms with van der Waals surface area (Å²) < 4.78 is 40.6. The third-order valence-corrected chi connectivity index (χ3v) is 2.04. The Morgan fingerprint density at radius 2 is 1.94 bits per heavy atom. The summed E-state index contributed by atoms with van der Waals surface area (Å²) in [6.45, 7) is -0.390. The number of ether oxygens (including phenoxy) is 1. The van der Waals surface area contributed by atoms with Gasteiger partial charge >= 0.3 is 6.18 Å². The Kier molecular flexibility index (Phi) is 4.82. The number of nitrogens with one attached hydrogen (secondary N) is 1. The van der Waals surface area contributed by atoms with Gasteiger partial charge in [-0.15, -0.1) is 0 Å². The largest absolute Gasteiger partial charge is 0.497 e. The SMILES string of the molecule is COc1ccc(NC(N)=NCCC(F)(F)F)cc1. The van der Waals surface area contributed by atoms with E-state index in [4.69, 9.17) is 10.5 Å². The molecule has 0 aliphatic carbocycles. The van der Waals surface area contributed by atoms with Gasteiger partial charge in [-0.05, 0) is 24.3 Å². The van der Waals surface area contributed by atoms with Crippen LogP contribution in [0, 0.1) is 0 Å². The Labute approximate surface area is 103 Å². The van der Waals surface area contributed by atoms with E-state index < -0.39 is 19.1 Å². The van der Waals surface area contributed by atoms with Gasteiger partial charge in [-0.1, -0.05) is 0 Å². The molecule has 0 saturated heterocycles. The van der Waals surface area contributed by atoms with Gasteiger partial charge in [-0.2, -0.15) is 13.2 Å². The van der Waals surface area contributed by atoms with Crippen molar-refractivity contribution in [3.05, 3.63) is 24.3 Å². The minimum absolute atomic E-state index is 0.0515. The van der Waals surface area contributed by atoms with Gasteiger partial charge in [0.1, 0.15) is 5.75 Å². The van der Waals surface area contributed by atoms with Crippen LogP contribution in [0.5, 0.6) is 5.75 Å². The fraction of sp³-hybridized carbons (Fsp3) is 0.364. The number of aliphatic imine (C=N–C) groups is 1. The van der Waals surface area contributed by atoms with E-state index in [1.54, 1.807) is 24.3 Å². The first-order chi connectivity index (χ1) is 8.40. The Balaban J connectivity index is 2.47. The van der Waals surface area contributed by atoms with Crippen LogP contribution in [0.4, 0.5) is 18.9 Å². The topological polar surface area (TPSA) is 59.6 Å². The number of halogens is 3. The Morgan fingerprint density at radius 3 is 2.44 bits per heavy atom. The van der Waals surface area contributed by atoms with Crippen LogP contribution in [0.25, 0.3) is 0 Å². The number of nitrogens with two attached hydrogens (primary N) is 1.